The van der Waals surface area contributed by atoms with Gasteiger partial charge in [0.05, 0.1) is 22.3 Å². The molecular formula is C72H74N2O8. The zero-order valence-corrected chi connectivity index (χ0v) is 50.0. The lowest BCUT2D eigenvalue weighted by molar-refractivity contribution is 0.0593. The van der Waals surface area contributed by atoms with E-state index in [1.807, 2.05) is 111 Å². The number of ether oxygens (including phenoxy) is 4. The van der Waals surface area contributed by atoms with Crippen LogP contribution < -0.4 is 18.9 Å². The lowest BCUT2D eigenvalue weighted by Crippen LogP contribution is -2.41. The smallest absolute Gasteiger partial charge is 0.261 e. The van der Waals surface area contributed by atoms with Crippen molar-refractivity contribution in [2.75, 3.05) is 13.1 Å². The Labute approximate surface area is 481 Å². The first-order valence-corrected chi connectivity index (χ1v) is 29.0. The molecule has 4 amide bonds. The summed E-state index contributed by atoms with van der Waals surface area (Å²) in [6, 6.07) is 38.7. The van der Waals surface area contributed by atoms with E-state index in [-0.39, 0.29) is 57.0 Å². The summed E-state index contributed by atoms with van der Waals surface area (Å²) in [7, 11) is 0. The lowest BCUT2D eigenvalue weighted by atomic mass is 9.80. The molecule has 82 heavy (non-hydrogen) atoms. The van der Waals surface area contributed by atoms with E-state index >= 15 is 19.2 Å². The van der Waals surface area contributed by atoms with Crippen LogP contribution in [0, 0.1) is 0 Å². The maximum atomic E-state index is 15.3. The molecule has 0 fully saturated rings. The molecule has 0 atom stereocenters. The third-order valence-corrected chi connectivity index (χ3v) is 16.3. The van der Waals surface area contributed by atoms with E-state index < -0.39 is 23.6 Å². The average Bonchev–Trinajstić information content (AvgIpc) is 1.20. The predicted octanol–water partition coefficient (Wildman–Crippen LogP) is 18.9. The van der Waals surface area contributed by atoms with Gasteiger partial charge in [-0.05, 0) is 130 Å². The number of amides is 4. The van der Waals surface area contributed by atoms with Crippen LogP contribution in [-0.2, 0) is 21.7 Å². The van der Waals surface area contributed by atoms with Gasteiger partial charge in [0.2, 0.25) is 0 Å². The number of carbonyl (C=O) groups excluding carboxylic acids is 4. The van der Waals surface area contributed by atoms with Crippen molar-refractivity contribution in [2.24, 2.45) is 0 Å². The van der Waals surface area contributed by atoms with Crippen LogP contribution in [0.1, 0.15) is 186 Å². The number of rotatable bonds is 14. The molecule has 2 aliphatic rings. The summed E-state index contributed by atoms with van der Waals surface area (Å²) < 4.78 is 28.9. The highest BCUT2D eigenvalue weighted by atomic mass is 16.5. The van der Waals surface area contributed by atoms with Gasteiger partial charge < -0.3 is 18.9 Å². The van der Waals surface area contributed by atoms with Crippen molar-refractivity contribution in [3.8, 4) is 46.0 Å². The monoisotopic (exact) mass is 1090 g/mol. The minimum Gasteiger partial charge on any atom is -0.457 e. The fourth-order valence-corrected chi connectivity index (χ4v) is 11.6. The Morgan fingerprint density at radius 2 is 0.512 bits per heavy atom. The summed E-state index contributed by atoms with van der Waals surface area (Å²) in [6.07, 6.45) is 2.71. The summed E-state index contributed by atoms with van der Waals surface area (Å²) in [6.45, 7) is 30.3. The highest BCUT2D eigenvalue weighted by Crippen LogP contribution is 2.58. The first-order valence-electron chi connectivity index (χ1n) is 29.0. The van der Waals surface area contributed by atoms with Gasteiger partial charge in [-0.3, -0.25) is 29.0 Å². The highest BCUT2D eigenvalue weighted by Gasteiger charge is 2.41. The molecule has 0 aliphatic carbocycles. The normalized spacial score (nSPS) is 14.1. The third kappa shape index (κ3) is 9.77. The highest BCUT2D eigenvalue weighted by molar-refractivity contribution is 6.44. The SMILES string of the molecule is CCCCN1C(=O)c2cc(Oc3ccc(C(C)(C)C)cc3)c3c4c(Oc5ccc(C(C)(C)C)cc5)cc5c6c(cc(Oc7ccc(C(C)(C)C)cc7)c(c7c(Oc8ccc(C(C)(C)C)cc8)cc(c2c37)C1=O)c64)C(=O)N(CCCC)C5=O. The van der Waals surface area contributed by atoms with Crippen LogP contribution in [-0.4, -0.2) is 46.5 Å². The molecule has 0 unspecified atom stereocenters. The molecule has 420 valence electrons. The number of carbonyl (C=O) groups is 4. The molecule has 10 nitrogen and oxygen atoms in total. The van der Waals surface area contributed by atoms with E-state index in [2.05, 4.69) is 83.1 Å². The number of fused-ring (bicyclic) bond motifs is 2. The quantitative estimate of drug-likeness (QED) is 0.0601. The van der Waals surface area contributed by atoms with Crippen LogP contribution >= 0.6 is 0 Å². The Balaban J connectivity index is 1.36. The number of unbranched alkanes of at least 4 members (excludes halogenated alkanes) is 2. The fourth-order valence-electron chi connectivity index (χ4n) is 11.6. The fraction of sp³-hybridized carbons (Fsp3) is 0.333. The molecule has 11 rings (SSSR count). The average molecular weight is 1100 g/mol. The molecule has 0 saturated heterocycles. The molecule has 0 bridgehead atoms. The molecular weight excluding hydrogens is 1020 g/mol. The van der Waals surface area contributed by atoms with Crippen molar-refractivity contribution in [3.63, 3.8) is 0 Å². The Morgan fingerprint density at radius 1 is 0.305 bits per heavy atom. The standard InChI is InChI=1S/C72H74N2O8/c1-15-17-35-73-65(75)49-37-53(79-45-27-19-41(20-28-45)69(3,4)5)59-61-55(81-47-31-23-43(24-32-47)71(9,10)11)39-51-58-52(68(78)74(67(51)77)36-18-16-2)40-56(82-48-33-25-44(26-34-48)72(12,13)14)62(64(58)61)60-54(38-50(66(73)76)57(49)63(59)60)80-46-29-21-42(22-30-46)70(6,7)8/h19-34,37-40H,15-18,35-36H2,1-14H3. The summed E-state index contributed by atoms with van der Waals surface area (Å²) in [4.78, 5) is 64.1. The van der Waals surface area contributed by atoms with E-state index in [9.17, 15) is 0 Å². The minimum absolute atomic E-state index is 0.153. The van der Waals surface area contributed by atoms with Gasteiger partial charge in [0.1, 0.15) is 46.0 Å². The number of nitrogens with zero attached hydrogens (tertiary/aromatic N) is 2. The van der Waals surface area contributed by atoms with E-state index in [4.69, 9.17) is 18.9 Å². The summed E-state index contributed by atoms with van der Waals surface area (Å²) in [5.74, 6) is 1.36. The minimum atomic E-state index is -0.451. The molecule has 0 N–H and O–H groups in total. The maximum Gasteiger partial charge on any atom is 0.261 e. The Bertz CT molecular complexity index is 3520. The second-order valence-electron chi connectivity index (χ2n) is 26.4. The van der Waals surface area contributed by atoms with Crippen LogP contribution in [0.4, 0.5) is 0 Å². The summed E-state index contributed by atoms with van der Waals surface area (Å²) in [5.41, 5.74) is 4.90. The molecule has 0 spiro atoms. The Hall–Kier alpha value is -8.24. The topological polar surface area (TPSA) is 112 Å². The van der Waals surface area contributed by atoms with Crippen molar-refractivity contribution in [1.82, 2.24) is 9.80 Å². The van der Waals surface area contributed by atoms with Crippen LogP contribution in [0.3, 0.4) is 0 Å². The van der Waals surface area contributed by atoms with Crippen molar-refractivity contribution in [3.05, 3.63) is 166 Å². The summed E-state index contributed by atoms with van der Waals surface area (Å²) in [5, 5.41) is 3.74. The zero-order valence-electron chi connectivity index (χ0n) is 50.0. The Morgan fingerprint density at radius 3 is 0.695 bits per heavy atom. The van der Waals surface area contributed by atoms with E-state index in [0.717, 1.165) is 35.1 Å². The molecule has 0 radical (unpaired) electrons. The van der Waals surface area contributed by atoms with Gasteiger partial charge in [0.25, 0.3) is 23.6 Å². The van der Waals surface area contributed by atoms with Crippen LogP contribution in [0.25, 0.3) is 43.1 Å². The maximum absolute atomic E-state index is 15.3. The number of benzene rings is 9. The Kier molecular flexibility index (Phi) is 13.8. The van der Waals surface area contributed by atoms with E-state index in [1.54, 1.807) is 24.3 Å². The van der Waals surface area contributed by atoms with Gasteiger partial charge in [-0.15, -0.1) is 0 Å². The van der Waals surface area contributed by atoms with Gasteiger partial charge >= 0.3 is 0 Å². The van der Waals surface area contributed by atoms with E-state index in [1.165, 1.54) is 9.80 Å². The lowest BCUT2D eigenvalue weighted by Gasteiger charge is -2.32. The van der Waals surface area contributed by atoms with Crippen LogP contribution in [0.15, 0.2) is 121 Å². The molecule has 2 heterocycles. The second kappa shape index (κ2) is 20.3. The van der Waals surface area contributed by atoms with Crippen LogP contribution in [0.5, 0.6) is 46.0 Å². The second-order valence-corrected chi connectivity index (χ2v) is 26.4. The van der Waals surface area contributed by atoms with Gasteiger partial charge in [-0.2, -0.15) is 0 Å². The van der Waals surface area contributed by atoms with Crippen molar-refractivity contribution < 1.29 is 38.1 Å². The van der Waals surface area contributed by atoms with E-state index in [0.29, 0.717) is 102 Å². The molecule has 9 aromatic rings. The zero-order chi connectivity index (χ0) is 58.5. The number of hydrogen-bond donors (Lipinski definition) is 0. The summed E-state index contributed by atoms with van der Waals surface area (Å²) >= 11 is 0. The molecule has 9 aromatic carbocycles. The largest absolute Gasteiger partial charge is 0.457 e. The van der Waals surface area contributed by atoms with Gasteiger partial charge in [0, 0.05) is 56.2 Å². The number of imide groups is 2. The van der Waals surface area contributed by atoms with Crippen molar-refractivity contribution in [1.29, 1.82) is 0 Å². The molecule has 2 aliphatic heterocycles. The van der Waals surface area contributed by atoms with Gasteiger partial charge in [-0.25, -0.2) is 0 Å². The molecule has 0 aromatic heterocycles. The van der Waals surface area contributed by atoms with Crippen molar-refractivity contribution >= 4 is 66.7 Å². The molecule has 10 heteroatoms. The van der Waals surface area contributed by atoms with Crippen molar-refractivity contribution in [2.45, 2.75) is 144 Å². The third-order valence-electron chi connectivity index (χ3n) is 16.3. The number of hydrogen-bond acceptors (Lipinski definition) is 8. The van der Waals surface area contributed by atoms with Gasteiger partial charge in [0.15, 0.2) is 0 Å². The first kappa shape index (κ1) is 55.7. The first-order chi connectivity index (χ1) is 38.8. The van der Waals surface area contributed by atoms with Gasteiger partial charge in [-0.1, -0.05) is 158 Å². The van der Waals surface area contributed by atoms with Crippen LogP contribution in [0.2, 0.25) is 0 Å². The molecule has 0 saturated carbocycles. The predicted molar refractivity (Wildman–Crippen MR) is 329 cm³/mol.